The minimum Gasteiger partial charge on any atom is -0.475 e. The van der Waals surface area contributed by atoms with Gasteiger partial charge in [0.25, 0.3) is 0 Å². The Balaban J connectivity index is 2.03. The summed E-state index contributed by atoms with van der Waals surface area (Å²) in [6, 6.07) is 5.46. The van der Waals surface area contributed by atoms with Crippen LogP contribution in [-0.4, -0.2) is 37.4 Å². The van der Waals surface area contributed by atoms with Crippen molar-refractivity contribution in [2.45, 2.75) is 13.2 Å². The molecule has 0 aliphatic carbocycles. The van der Waals surface area contributed by atoms with Crippen LogP contribution in [-0.2, 0) is 22.6 Å². The van der Waals surface area contributed by atoms with Gasteiger partial charge in [-0.1, -0.05) is 0 Å². The first-order chi connectivity index (χ1) is 10.3. The molecule has 0 amide bonds. The van der Waals surface area contributed by atoms with Crippen LogP contribution in [0.4, 0.5) is 5.82 Å². The fourth-order valence-corrected chi connectivity index (χ4v) is 1.65. The van der Waals surface area contributed by atoms with Crippen LogP contribution in [0.1, 0.15) is 11.6 Å². The van der Waals surface area contributed by atoms with Gasteiger partial charge in [0, 0.05) is 20.3 Å². The highest BCUT2D eigenvalue weighted by molar-refractivity contribution is 5.38. The number of methoxy groups -OCH3 is 2. The van der Waals surface area contributed by atoms with Crippen LogP contribution < -0.4 is 10.1 Å². The van der Waals surface area contributed by atoms with Gasteiger partial charge in [-0.15, -0.1) is 0 Å². The van der Waals surface area contributed by atoms with E-state index in [-0.39, 0.29) is 0 Å². The molecule has 0 aromatic carbocycles. The van der Waals surface area contributed by atoms with Gasteiger partial charge in [0.2, 0.25) is 5.88 Å². The molecule has 2 rings (SSSR count). The van der Waals surface area contributed by atoms with E-state index in [2.05, 4.69) is 15.3 Å². The summed E-state index contributed by atoms with van der Waals surface area (Å²) in [4.78, 5) is 8.61. The third kappa shape index (κ3) is 5.05. The summed E-state index contributed by atoms with van der Waals surface area (Å²) in [6.45, 7) is 1.78. The van der Waals surface area contributed by atoms with Crippen molar-refractivity contribution in [3.8, 4) is 5.88 Å². The van der Waals surface area contributed by atoms with Crippen LogP contribution in [0.2, 0.25) is 0 Å². The van der Waals surface area contributed by atoms with E-state index in [4.69, 9.17) is 18.6 Å². The molecule has 2 heterocycles. The Morgan fingerprint density at radius 1 is 1.19 bits per heavy atom. The third-order valence-corrected chi connectivity index (χ3v) is 2.58. The lowest BCUT2D eigenvalue weighted by atomic mass is 10.4. The number of hydrogen-bond acceptors (Lipinski definition) is 7. The normalized spacial score (nSPS) is 10.6. The molecule has 21 heavy (non-hydrogen) atoms. The highest BCUT2D eigenvalue weighted by Gasteiger charge is 2.06. The van der Waals surface area contributed by atoms with Gasteiger partial charge in [-0.05, 0) is 12.1 Å². The van der Waals surface area contributed by atoms with E-state index in [0.29, 0.717) is 43.9 Å². The van der Waals surface area contributed by atoms with Crippen molar-refractivity contribution in [3.63, 3.8) is 0 Å². The summed E-state index contributed by atoms with van der Waals surface area (Å²) in [5.41, 5.74) is 0. The Kier molecular flexibility index (Phi) is 5.99. The molecule has 0 atom stereocenters. The van der Waals surface area contributed by atoms with Gasteiger partial charge in [0.05, 0.1) is 19.4 Å². The number of aromatic nitrogens is 2. The molecule has 0 radical (unpaired) electrons. The van der Waals surface area contributed by atoms with E-state index in [1.54, 1.807) is 26.5 Å². The van der Waals surface area contributed by atoms with E-state index < -0.39 is 0 Å². The molecule has 114 valence electrons. The smallest absolute Gasteiger partial charge is 0.218 e. The lowest BCUT2D eigenvalue weighted by Crippen LogP contribution is -2.09. The molecule has 0 aliphatic rings. The van der Waals surface area contributed by atoms with Gasteiger partial charge in [-0.2, -0.15) is 4.98 Å². The maximum atomic E-state index is 5.52. The number of hydrogen-bond donors (Lipinski definition) is 1. The second kappa shape index (κ2) is 8.23. The molecular formula is C14H19N3O4. The topological polar surface area (TPSA) is 78.6 Å². The predicted molar refractivity (Wildman–Crippen MR) is 76.2 cm³/mol. The van der Waals surface area contributed by atoms with Crippen molar-refractivity contribution >= 4 is 5.82 Å². The van der Waals surface area contributed by atoms with Gasteiger partial charge in [-0.25, -0.2) is 4.98 Å². The van der Waals surface area contributed by atoms with Crippen LogP contribution >= 0.6 is 0 Å². The van der Waals surface area contributed by atoms with E-state index >= 15 is 0 Å². The number of nitrogens with zero attached hydrogens (tertiary/aromatic N) is 2. The summed E-state index contributed by atoms with van der Waals surface area (Å²) < 4.78 is 20.8. The number of furan rings is 1. The van der Waals surface area contributed by atoms with Gasteiger partial charge in [-0.3, -0.25) is 0 Å². The minimum atomic E-state index is 0.316. The van der Waals surface area contributed by atoms with E-state index in [0.717, 1.165) is 5.76 Å². The number of nitrogens with one attached hydrogen (secondary N) is 1. The van der Waals surface area contributed by atoms with Crippen molar-refractivity contribution in [1.82, 2.24) is 9.97 Å². The zero-order chi connectivity index (χ0) is 14.9. The minimum absolute atomic E-state index is 0.316. The molecule has 0 unspecified atom stereocenters. The van der Waals surface area contributed by atoms with Gasteiger partial charge in [0.1, 0.15) is 24.8 Å². The maximum absolute atomic E-state index is 5.52. The Labute approximate surface area is 123 Å². The first-order valence-electron chi connectivity index (χ1n) is 6.56. The number of anilines is 1. The van der Waals surface area contributed by atoms with Gasteiger partial charge >= 0.3 is 0 Å². The molecule has 0 bridgehead atoms. The summed E-state index contributed by atoms with van der Waals surface area (Å²) >= 11 is 0. The molecule has 2 aromatic heterocycles. The van der Waals surface area contributed by atoms with Crippen molar-refractivity contribution in [2.75, 3.05) is 32.8 Å². The average molecular weight is 293 g/mol. The highest BCUT2D eigenvalue weighted by Crippen LogP contribution is 2.15. The van der Waals surface area contributed by atoms with Crippen molar-refractivity contribution < 1.29 is 18.6 Å². The molecule has 7 heteroatoms. The molecule has 0 aliphatic heterocycles. The standard InChI is InChI=1S/C14H19N3O4/c1-18-6-7-21-14-8-12(16-13(17-14)10-19-2)15-9-11-4-3-5-20-11/h3-5,8H,6-7,9-10H2,1-2H3,(H,15,16,17). The lowest BCUT2D eigenvalue weighted by molar-refractivity contribution is 0.142. The Morgan fingerprint density at radius 2 is 2.10 bits per heavy atom. The second-order valence-corrected chi connectivity index (χ2v) is 4.21. The SMILES string of the molecule is COCCOc1cc(NCc2ccco2)nc(COC)n1. The zero-order valence-electron chi connectivity index (χ0n) is 12.2. The Bertz CT molecular complexity index is 531. The highest BCUT2D eigenvalue weighted by atomic mass is 16.5. The van der Waals surface area contributed by atoms with Gasteiger partial charge < -0.3 is 23.9 Å². The van der Waals surface area contributed by atoms with Crippen LogP contribution in [0.5, 0.6) is 5.88 Å². The number of rotatable bonds is 9. The third-order valence-electron chi connectivity index (χ3n) is 2.58. The molecule has 0 saturated heterocycles. The largest absolute Gasteiger partial charge is 0.475 e. The summed E-state index contributed by atoms with van der Waals surface area (Å²) in [5, 5.41) is 3.17. The zero-order valence-corrected chi connectivity index (χ0v) is 12.2. The second-order valence-electron chi connectivity index (χ2n) is 4.21. The van der Waals surface area contributed by atoms with Crippen molar-refractivity contribution in [2.24, 2.45) is 0 Å². The van der Waals surface area contributed by atoms with Crippen LogP contribution in [0.3, 0.4) is 0 Å². The molecule has 0 fully saturated rings. The maximum Gasteiger partial charge on any atom is 0.218 e. The quantitative estimate of drug-likeness (QED) is 0.707. The predicted octanol–water partition coefficient (Wildman–Crippen LogP) is 1.85. The first kappa shape index (κ1) is 15.3. The van der Waals surface area contributed by atoms with E-state index in [1.165, 1.54) is 0 Å². The Morgan fingerprint density at radius 3 is 2.81 bits per heavy atom. The lowest BCUT2D eigenvalue weighted by Gasteiger charge is -2.10. The average Bonchev–Trinajstić information content (AvgIpc) is 2.99. The van der Waals surface area contributed by atoms with Crippen LogP contribution in [0.25, 0.3) is 0 Å². The summed E-state index contributed by atoms with van der Waals surface area (Å²) in [6.07, 6.45) is 1.63. The van der Waals surface area contributed by atoms with Crippen LogP contribution in [0, 0.1) is 0 Å². The summed E-state index contributed by atoms with van der Waals surface area (Å²) in [5.74, 6) is 2.51. The molecule has 7 nitrogen and oxygen atoms in total. The van der Waals surface area contributed by atoms with E-state index in [1.807, 2.05) is 12.1 Å². The van der Waals surface area contributed by atoms with Crippen LogP contribution in [0.15, 0.2) is 28.9 Å². The fourth-order valence-electron chi connectivity index (χ4n) is 1.65. The first-order valence-corrected chi connectivity index (χ1v) is 6.56. The molecule has 1 N–H and O–H groups in total. The fraction of sp³-hybridized carbons (Fsp3) is 0.429. The van der Waals surface area contributed by atoms with Crippen molar-refractivity contribution in [1.29, 1.82) is 0 Å². The molecule has 0 spiro atoms. The molecular weight excluding hydrogens is 274 g/mol. The van der Waals surface area contributed by atoms with Crippen molar-refractivity contribution in [3.05, 3.63) is 36.0 Å². The van der Waals surface area contributed by atoms with Gasteiger partial charge in [0.15, 0.2) is 5.82 Å². The molecule has 0 saturated carbocycles. The number of ether oxygens (including phenoxy) is 3. The van der Waals surface area contributed by atoms with E-state index in [9.17, 15) is 0 Å². The molecule has 2 aromatic rings. The monoisotopic (exact) mass is 293 g/mol. The summed E-state index contributed by atoms with van der Waals surface area (Å²) in [7, 11) is 3.22. The Hall–Kier alpha value is -2.12.